The van der Waals surface area contributed by atoms with Gasteiger partial charge in [0.2, 0.25) is 11.8 Å². The Balaban J connectivity index is 2.18. The van der Waals surface area contributed by atoms with E-state index in [4.69, 9.17) is 16.3 Å². The molecule has 0 aliphatic rings. The molecule has 3 aromatic carbocycles. The Morgan fingerprint density at radius 3 is 2.35 bits per heavy atom. The number of aryl methyl sites for hydroxylation is 1. The Bertz CT molecular complexity index is 1600. The second-order valence-corrected chi connectivity index (χ2v) is 11.8. The molecule has 0 aliphatic carbocycles. The molecule has 43 heavy (non-hydrogen) atoms. The van der Waals surface area contributed by atoms with Crippen LogP contribution in [0, 0.1) is 22.9 Å². The van der Waals surface area contributed by atoms with Crippen molar-refractivity contribution in [2.24, 2.45) is 0 Å². The number of carbonyl (C=O) groups excluding carboxylic acids is 2. The number of anilines is 1. The van der Waals surface area contributed by atoms with Crippen molar-refractivity contribution in [2.75, 3.05) is 24.5 Å². The van der Waals surface area contributed by atoms with Crippen LogP contribution >= 0.6 is 11.6 Å². The van der Waals surface area contributed by atoms with Crippen LogP contribution in [-0.4, -0.2) is 56.3 Å². The van der Waals surface area contributed by atoms with Gasteiger partial charge in [-0.2, -0.15) is 0 Å². The van der Waals surface area contributed by atoms with Crippen molar-refractivity contribution in [3.63, 3.8) is 0 Å². The van der Waals surface area contributed by atoms with E-state index in [1.54, 1.807) is 13.8 Å². The maximum absolute atomic E-state index is 14.1. The summed E-state index contributed by atoms with van der Waals surface area (Å²) in [5.74, 6) is -1.66. The Kier molecular flexibility index (Phi) is 11.1. The van der Waals surface area contributed by atoms with Gasteiger partial charge >= 0.3 is 0 Å². The largest absolute Gasteiger partial charge is 0.495 e. The smallest absolute Gasteiger partial charge is 0.273 e. The molecule has 3 aromatic rings. The van der Waals surface area contributed by atoms with Gasteiger partial charge in [-0.25, -0.2) is 12.8 Å². The van der Waals surface area contributed by atoms with E-state index in [0.29, 0.717) is 12.1 Å². The van der Waals surface area contributed by atoms with E-state index >= 15 is 0 Å². The van der Waals surface area contributed by atoms with Gasteiger partial charge in [0.15, 0.2) is 0 Å². The third kappa shape index (κ3) is 7.79. The Labute approximate surface area is 254 Å². The lowest BCUT2D eigenvalue weighted by Crippen LogP contribution is -2.52. The number of hydrogen-bond acceptors (Lipinski definition) is 7. The zero-order valence-corrected chi connectivity index (χ0v) is 25.6. The van der Waals surface area contributed by atoms with E-state index in [2.05, 4.69) is 5.32 Å². The molecule has 0 radical (unpaired) electrons. The molecule has 1 atom stereocenters. The van der Waals surface area contributed by atoms with Crippen LogP contribution in [0.3, 0.4) is 0 Å². The molecule has 0 heterocycles. The third-order valence-electron chi connectivity index (χ3n) is 6.66. The van der Waals surface area contributed by atoms with E-state index in [0.717, 1.165) is 10.4 Å². The highest BCUT2D eigenvalue weighted by Crippen LogP contribution is 2.36. The summed E-state index contributed by atoms with van der Waals surface area (Å²) in [5, 5.41) is 14.4. The van der Waals surface area contributed by atoms with Crippen LogP contribution in [0.1, 0.15) is 31.4 Å². The van der Waals surface area contributed by atoms with Gasteiger partial charge in [0.1, 0.15) is 24.2 Å². The molecular weight excluding hydrogens is 603 g/mol. The summed E-state index contributed by atoms with van der Waals surface area (Å²) in [4.78, 5) is 38.8. The molecule has 0 aromatic heterocycles. The summed E-state index contributed by atoms with van der Waals surface area (Å²) in [6.45, 7) is 4.22. The lowest BCUT2D eigenvalue weighted by Gasteiger charge is -2.33. The summed E-state index contributed by atoms with van der Waals surface area (Å²) >= 11 is 6.22. The first kappa shape index (κ1) is 33.3. The van der Waals surface area contributed by atoms with Gasteiger partial charge in [-0.05, 0) is 62.2 Å². The van der Waals surface area contributed by atoms with Gasteiger partial charge in [-0.15, -0.1) is 0 Å². The maximum Gasteiger partial charge on any atom is 0.273 e. The lowest BCUT2D eigenvalue weighted by atomic mass is 10.1. The average molecular weight is 635 g/mol. The maximum atomic E-state index is 14.1. The van der Waals surface area contributed by atoms with Crippen molar-refractivity contribution >= 4 is 44.8 Å². The number of rotatable bonds is 13. The van der Waals surface area contributed by atoms with Gasteiger partial charge in [0.25, 0.3) is 15.7 Å². The van der Waals surface area contributed by atoms with Crippen LogP contribution in [0.4, 0.5) is 15.8 Å². The van der Waals surface area contributed by atoms with Gasteiger partial charge in [0, 0.05) is 29.7 Å². The zero-order chi connectivity index (χ0) is 31.9. The molecule has 2 amide bonds. The quantitative estimate of drug-likeness (QED) is 0.210. The number of carbonyl (C=O) groups is 2. The summed E-state index contributed by atoms with van der Waals surface area (Å²) in [5.41, 5.74) is 0.219. The third-order valence-corrected chi connectivity index (χ3v) is 8.65. The summed E-state index contributed by atoms with van der Waals surface area (Å²) in [6, 6.07) is 11.9. The standard InChI is InChI=1S/C29H32ClFN4O7S/c1-5-24(29(37)32-6-2)33(17-20-8-11-22(31)12-9-20)28(36)18-34(26-15-21(30)10-14-27(26)42-4)43(40,41)23-13-7-19(3)25(16-23)35(38)39/h7-16,24H,5-6,17-18H2,1-4H3,(H,32,37)/t24-/m1/s1. The van der Waals surface area contributed by atoms with Gasteiger partial charge < -0.3 is 15.0 Å². The number of hydrogen-bond donors (Lipinski definition) is 1. The molecule has 0 fully saturated rings. The molecule has 0 aliphatic heterocycles. The molecule has 1 N–H and O–H groups in total. The summed E-state index contributed by atoms with van der Waals surface area (Å²) in [6.07, 6.45) is 0.191. The van der Waals surface area contributed by atoms with Crippen molar-refractivity contribution < 1.29 is 32.1 Å². The van der Waals surface area contributed by atoms with Crippen LogP contribution in [-0.2, 0) is 26.2 Å². The molecule has 0 unspecified atom stereocenters. The number of nitrogens with one attached hydrogen (secondary N) is 1. The van der Waals surface area contributed by atoms with Gasteiger partial charge in [0.05, 0.1) is 22.6 Å². The predicted octanol–water partition coefficient (Wildman–Crippen LogP) is 4.84. The number of nitro benzene ring substituents is 1. The number of likely N-dealkylation sites (N-methyl/N-ethyl adjacent to an activating group) is 1. The second kappa shape index (κ2) is 14.3. The highest BCUT2D eigenvalue weighted by atomic mass is 35.5. The first-order chi connectivity index (χ1) is 20.3. The highest BCUT2D eigenvalue weighted by Gasteiger charge is 2.35. The molecule has 0 saturated carbocycles. The van der Waals surface area contributed by atoms with E-state index in [1.165, 1.54) is 73.5 Å². The number of nitro groups is 1. The summed E-state index contributed by atoms with van der Waals surface area (Å²) < 4.78 is 48.0. The minimum atomic E-state index is -4.65. The minimum absolute atomic E-state index is 0.0586. The number of benzene rings is 3. The number of nitrogens with zero attached hydrogens (tertiary/aromatic N) is 3. The fourth-order valence-electron chi connectivity index (χ4n) is 4.44. The normalized spacial score (nSPS) is 11.9. The van der Waals surface area contributed by atoms with Crippen LogP contribution in [0.15, 0.2) is 65.6 Å². The van der Waals surface area contributed by atoms with Gasteiger partial charge in [-0.3, -0.25) is 24.0 Å². The van der Waals surface area contributed by atoms with Crippen molar-refractivity contribution in [1.29, 1.82) is 0 Å². The predicted molar refractivity (Wildman–Crippen MR) is 160 cm³/mol. The number of sulfonamides is 1. The molecule has 0 saturated heterocycles. The van der Waals surface area contributed by atoms with E-state index in [1.807, 2.05) is 0 Å². The van der Waals surface area contributed by atoms with Crippen molar-refractivity contribution in [3.8, 4) is 5.75 Å². The van der Waals surface area contributed by atoms with Crippen molar-refractivity contribution in [3.05, 3.63) is 92.7 Å². The van der Waals surface area contributed by atoms with Crippen LogP contribution in [0.25, 0.3) is 0 Å². The number of methoxy groups -OCH3 is 1. The number of halogens is 2. The Morgan fingerprint density at radius 2 is 1.77 bits per heavy atom. The fourth-order valence-corrected chi connectivity index (χ4v) is 6.05. The summed E-state index contributed by atoms with van der Waals surface area (Å²) in [7, 11) is -3.35. The highest BCUT2D eigenvalue weighted by molar-refractivity contribution is 7.92. The fraction of sp³-hybridized carbons (Fsp3) is 0.310. The van der Waals surface area contributed by atoms with Crippen LogP contribution in [0.2, 0.25) is 5.02 Å². The SMILES string of the molecule is CCNC(=O)[C@@H](CC)N(Cc1ccc(F)cc1)C(=O)CN(c1cc(Cl)ccc1OC)S(=O)(=O)c1ccc(C)c([N+](=O)[O-])c1. The first-order valence-electron chi connectivity index (χ1n) is 13.3. The van der Waals surface area contributed by atoms with Crippen LogP contribution < -0.4 is 14.4 Å². The van der Waals surface area contributed by atoms with Crippen LogP contribution in [0.5, 0.6) is 5.75 Å². The lowest BCUT2D eigenvalue weighted by molar-refractivity contribution is -0.385. The van der Waals surface area contributed by atoms with E-state index in [9.17, 15) is 32.5 Å². The molecular formula is C29H32ClFN4O7S. The molecule has 3 rings (SSSR count). The minimum Gasteiger partial charge on any atom is -0.495 e. The molecule has 14 heteroatoms. The second-order valence-electron chi connectivity index (χ2n) is 9.50. The van der Waals surface area contributed by atoms with E-state index in [-0.39, 0.29) is 35.0 Å². The average Bonchev–Trinajstić information content (AvgIpc) is 2.96. The Morgan fingerprint density at radius 1 is 1.09 bits per heavy atom. The van der Waals surface area contributed by atoms with Crippen molar-refractivity contribution in [2.45, 2.75) is 44.7 Å². The first-order valence-corrected chi connectivity index (χ1v) is 15.1. The van der Waals surface area contributed by atoms with Crippen molar-refractivity contribution in [1.82, 2.24) is 10.2 Å². The van der Waals surface area contributed by atoms with Gasteiger partial charge in [-0.1, -0.05) is 36.7 Å². The van der Waals surface area contributed by atoms with E-state index < -0.39 is 55.7 Å². The molecule has 0 bridgehead atoms. The number of ether oxygens (including phenoxy) is 1. The number of amides is 2. The monoisotopic (exact) mass is 634 g/mol. The Hall–Kier alpha value is -4.23. The molecule has 0 spiro atoms. The zero-order valence-electron chi connectivity index (χ0n) is 24.0. The molecule has 11 nitrogen and oxygen atoms in total. The topological polar surface area (TPSA) is 139 Å². The molecule has 230 valence electrons.